The number of aromatic nitrogens is 3. The van der Waals surface area contributed by atoms with Crippen molar-refractivity contribution >= 4 is 11.5 Å². The van der Waals surface area contributed by atoms with Crippen LogP contribution in [-0.4, -0.2) is 46.5 Å². The zero-order valence-corrected chi connectivity index (χ0v) is 21.4. The summed E-state index contributed by atoms with van der Waals surface area (Å²) in [5, 5.41) is 6.71. The van der Waals surface area contributed by atoms with E-state index in [2.05, 4.69) is 75.5 Å². The molecular weight excluding hydrogens is 448 g/mol. The van der Waals surface area contributed by atoms with E-state index in [1.54, 1.807) is 7.11 Å². The third kappa shape index (κ3) is 5.08. The number of nitrogens with one attached hydrogen (secondary N) is 2. The predicted molar refractivity (Wildman–Crippen MR) is 144 cm³/mol. The summed E-state index contributed by atoms with van der Waals surface area (Å²) in [5.41, 5.74) is 5.85. The summed E-state index contributed by atoms with van der Waals surface area (Å²) < 4.78 is 7.56. The maximum absolute atomic E-state index is 5.40. The fourth-order valence-electron chi connectivity index (χ4n) is 5.28. The lowest BCUT2D eigenvalue weighted by atomic mass is 9.89. The van der Waals surface area contributed by atoms with Crippen LogP contribution in [-0.2, 0) is 13.0 Å². The number of imidazole rings is 1. The van der Waals surface area contributed by atoms with Gasteiger partial charge in [0.25, 0.3) is 0 Å². The Morgan fingerprint density at radius 2 is 1.97 bits per heavy atom. The van der Waals surface area contributed by atoms with E-state index in [0.29, 0.717) is 0 Å². The van der Waals surface area contributed by atoms with Gasteiger partial charge in [-0.15, -0.1) is 0 Å². The largest absolute Gasteiger partial charge is 0.497 e. The van der Waals surface area contributed by atoms with E-state index in [1.165, 1.54) is 23.2 Å². The van der Waals surface area contributed by atoms with Gasteiger partial charge in [-0.05, 0) is 74.7 Å². The van der Waals surface area contributed by atoms with Crippen molar-refractivity contribution in [1.82, 2.24) is 24.6 Å². The minimum atomic E-state index is 0.187. The number of anilines is 1. The molecule has 0 unspecified atom stereocenters. The van der Waals surface area contributed by atoms with Crippen LogP contribution in [0.4, 0.5) is 5.82 Å². The van der Waals surface area contributed by atoms with Gasteiger partial charge in [0.05, 0.1) is 24.5 Å². The molecule has 0 bridgehead atoms. The molecule has 0 saturated carbocycles. The molecule has 1 aliphatic carbocycles. The van der Waals surface area contributed by atoms with Crippen molar-refractivity contribution in [2.24, 2.45) is 0 Å². The van der Waals surface area contributed by atoms with Crippen LogP contribution in [0, 0.1) is 0 Å². The third-order valence-electron chi connectivity index (χ3n) is 7.23. The molecule has 4 aromatic rings. The highest BCUT2D eigenvalue weighted by molar-refractivity contribution is 5.51. The first-order chi connectivity index (χ1) is 17.7. The average molecular weight is 485 g/mol. The molecule has 0 radical (unpaired) electrons. The normalized spacial score (nSPS) is 16.2. The van der Waals surface area contributed by atoms with Gasteiger partial charge in [-0.3, -0.25) is 14.3 Å². The Kier molecular flexibility index (Phi) is 7.49. The molecule has 0 aliphatic heterocycles. The lowest BCUT2D eigenvalue weighted by Gasteiger charge is -2.38. The number of rotatable bonds is 10. The second kappa shape index (κ2) is 11.1. The van der Waals surface area contributed by atoms with Crippen LogP contribution in [0.1, 0.15) is 54.4 Å². The van der Waals surface area contributed by atoms with Gasteiger partial charge in [0.2, 0.25) is 0 Å². The minimum absolute atomic E-state index is 0.187. The van der Waals surface area contributed by atoms with E-state index in [0.717, 1.165) is 55.4 Å². The molecule has 36 heavy (non-hydrogen) atoms. The van der Waals surface area contributed by atoms with Crippen LogP contribution < -0.4 is 15.4 Å². The van der Waals surface area contributed by atoms with Crippen molar-refractivity contribution < 1.29 is 4.74 Å². The van der Waals surface area contributed by atoms with Crippen molar-refractivity contribution in [1.29, 1.82) is 0 Å². The van der Waals surface area contributed by atoms with Crippen molar-refractivity contribution in [3.8, 4) is 5.75 Å². The summed E-state index contributed by atoms with van der Waals surface area (Å²) in [6.45, 7) is 4.79. The number of hydrogen-bond donors (Lipinski definition) is 2. The first-order valence-corrected chi connectivity index (χ1v) is 12.9. The molecule has 188 valence electrons. The minimum Gasteiger partial charge on any atom is -0.497 e. The first-order valence-electron chi connectivity index (χ1n) is 12.9. The summed E-state index contributed by atoms with van der Waals surface area (Å²) >= 11 is 0. The smallest absolute Gasteiger partial charge is 0.138 e. The van der Waals surface area contributed by atoms with Gasteiger partial charge in [0, 0.05) is 38.1 Å². The van der Waals surface area contributed by atoms with E-state index in [1.807, 2.05) is 25.4 Å². The molecule has 7 nitrogen and oxygen atoms in total. The monoisotopic (exact) mass is 484 g/mol. The molecule has 0 spiro atoms. The lowest BCUT2D eigenvalue weighted by Crippen LogP contribution is -2.34. The van der Waals surface area contributed by atoms with Gasteiger partial charge in [-0.25, -0.2) is 4.98 Å². The molecule has 0 fully saturated rings. The molecule has 5 rings (SSSR count). The zero-order valence-electron chi connectivity index (χ0n) is 21.4. The molecule has 1 aliphatic rings. The second-order valence-electron chi connectivity index (χ2n) is 9.48. The predicted octanol–water partition coefficient (Wildman–Crippen LogP) is 5.01. The Labute approximate surface area is 213 Å². The number of fused-ring (bicyclic) bond motifs is 2. The maximum atomic E-state index is 5.40. The summed E-state index contributed by atoms with van der Waals surface area (Å²) in [7, 11) is 3.68. The van der Waals surface area contributed by atoms with Crippen LogP contribution in [0.5, 0.6) is 5.75 Å². The molecular formula is C29H36N6O. The number of ether oxygens (including phenoxy) is 1. The summed E-state index contributed by atoms with van der Waals surface area (Å²) in [4.78, 5) is 12.5. The molecule has 0 amide bonds. The first kappa shape index (κ1) is 24.3. The van der Waals surface area contributed by atoms with Gasteiger partial charge in [0.1, 0.15) is 17.2 Å². The number of hydrogen-bond acceptors (Lipinski definition) is 6. The second-order valence-corrected chi connectivity index (χ2v) is 9.48. The number of nitrogens with zero attached hydrogens (tertiary/aromatic N) is 4. The molecule has 2 N–H and O–H groups in total. The summed E-state index contributed by atoms with van der Waals surface area (Å²) in [5.74, 6) is 1.93. The molecule has 1 aromatic carbocycles. The Bertz CT molecular complexity index is 1280. The van der Waals surface area contributed by atoms with Crippen LogP contribution >= 0.6 is 0 Å². The van der Waals surface area contributed by atoms with Gasteiger partial charge in [0.15, 0.2) is 0 Å². The molecule has 2 atom stereocenters. The van der Waals surface area contributed by atoms with Crippen molar-refractivity contribution in [2.75, 3.05) is 32.6 Å². The highest BCUT2D eigenvalue weighted by Gasteiger charge is 2.31. The number of benzene rings is 1. The third-order valence-corrected chi connectivity index (χ3v) is 7.23. The number of aryl methyl sites for hydroxylation is 1. The van der Waals surface area contributed by atoms with Crippen LogP contribution in [0.3, 0.4) is 0 Å². The van der Waals surface area contributed by atoms with Crippen LogP contribution in [0.25, 0.3) is 5.65 Å². The van der Waals surface area contributed by atoms with E-state index in [4.69, 9.17) is 14.7 Å². The fraction of sp³-hybridized carbons (Fsp3) is 0.379. The molecule has 3 aromatic heterocycles. The van der Waals surface area contributed by atoms with E-state index in [-0.39, 0.29) is 12.1 Å². The van der Waals surface area contributed by atoms with Gasteiger partial charge >= 0.3 is 0 Å². The standard InChI is InChI=1S/C29H36N6O/c1-21(22-12-14-25(36-3)15-13-22)34(26-9-4-7-23-8-6-16-32-29(23)26)19-24-20-35-27(31-18-17-30-2)10-5-11-28(35)33-24/h5-6,8,10-16,20-21,26,30-31H,4,7,9,17-19H2,1-3H3/t21-,26-/m0/s1. The van der Waals surface area contributed by atoms with Crippen LogP contribution in [0.15, 0.2) is 67.0 Å². The SMILES string of the molecule is CNCCNc1cccc2nc(CN([C@@H](C)c3ccc(OC)cc3)[C@H]3CCCc4cccnc43)cn12. The Morgan fingerprint density at radius 1 is 1.11 bits per heavy atom. The van der Waals surface area contributed by atoms with Gasteiger partial charge in [-0.2, -0.15) is 0 Å². The molecule has 0 saturated heterocycles. The van der Waals surface area contributed by atoms with E-state index < -0.39 is 0 Å². The Hall–Kier alpha value is -3.42. The topological polar surface area (TPSA) is 66.7 Å². The van der Waals surface area contributed by atoms with Crippen molar-refractivity contribution in [3.63, 3.8) is 0 Å². The quantitative estimate of drug-likeness (QED) is 0.309. The summed E-state index contributed by atoms with van der Waals surface area (Å²) in [6.07, 6.45) is 7.46. The highest BCUT2D eigenvalue weighted by Crippen LogP contribution is 2.39. The zero-order chi connectivity index (χ0) is 24.9. The summed E-state index contributed by atoms with van der Waals surface area (Å²) in [6, 6.07) is 19.4. The average Bonchev–Trinajstić information content (AvgIpc) is 3.35. The molecule has 7 heteroatoms. The van der Waals surface area contributed by atoms with E-state index in [9.17, 15) is 0 Å². The van der Waals surface area contributed by atoms with E-state index >= 15 is 0 Å². The van der Waals surface area contributed by atoms with Crippen molar-refractivity contribution in [3.05, 3.63) is 89.5 Å². The van der Waals surface area contributed by atoms with Crippen molar-refractivity contribution in [2.45, 2.75) is 44.8 Å². The number of pyridine rings is 2. The molecule has 3 heterocycles. The number of likely N-dealkylation sites (N-methyl/N-ethyl adjacent to an activating group) is 1. The van der Waals surface area contributed by atoms with Crippen LogP contribution in [0.2, 0.25) is 0 Å². The fourth-order valence-corrected chi connectivity index (χ4v) is 5.28. The van der Waals surface area contributed by atoms with Gasteiger partial charge in [-0.1, -0.05) is 24.3 Å². The highest BCUT2D eigenvalue weighted by atomic mass is 16.5. The van der Waals surface area contributed by atoms with Gasteiger partial charge < -0.3 is 15.4 Å². The lowest BCUT2D eigenvalue weighted by molar-refractivity contribution is 0.115. The Morgan fingerprint density at radius 3 is 2.78 bits per heavy atom. The number of methoxy groups -OCH3 is 1. The Balaban J connectivity index is 1.49. The maximum Gasteiger partial charge on any atom is 0.138 e.